The first kappa shape index (κ1) is 17.6. The summed E-state index contributed by atoms with van der Waals surface area (Å²) in [6.45, 7) is 14.6. The van der Waals surface area contributed by atoms with E-state index in [1.807, 2.05) is 0 Å². The smallest absolute Gasteiger partial charge is 0.133 e. The summed E-state index contributed by atoms with van der Waals surface area (Å²) in [5, 5.41) is 0. The molecule has 2 heteroatoms. The number of Topliss-reactive ketones (excluding diaryl/α,β-unsaturated/α-hetero) is 1. The molecule has 0 bridgehead atoms. The minimum absolute atomic E-state index is 0.257. The van der Waals surface area contributed by atoms with Gasteiger partial charge in [0.15, 0.2) is 0 Å². The molecule has 108 valence electrons. The van der Waals surface area contributed by atoms with Crippen molar-refractivity contribution in [3.8, 4) is 0 Å². The average Bonchev–Trinajstić information content (AvgIpc) is 2.20. The lowest BCUT2D eigenvalue weighted by atomic mass is 9.88. The van der Waals surface area contributed by atoms with Gasteiger partial charge in [-0.3, -0.25) is 4.79 Å². The molecule has 0 spiro atoms. The van der Waals surface area contributed by atoms with Crippen molar-refractivity contribution in [2.45, 2.75) is 67.2 Å². The Morgan fingerprint density at radius 1 is 1.17 bits per heavy atom. The number of hydrogen-bond donors (Lipinski definition) is 0. The van der Waals surface area contributed by atoms with Crippen LogP contribution in [-0.4, -0.2) is 19.0 Å². The van der Waals surface area contributed by atoms with Crippen molar-refractivity contribution in [2.24, 2.45) is 17.3 Å². The van der Waals surface area contributed by atoms with E-state index in [0.717, 1.165) is 19.4 Å². The highest BCUT2D eigenvalue weighted by Gasteiger charge is 2.15. The van der Waals surface area contributed by atoms with Gasteiger partial charge in [0.05, 0.1) is 0 Å². The highest BCUT2D eigenvalue weighted by Crippen LogP contribution is 2.21. The van der Waals surface area contributed by atoms with Crippen LogP contribution in [0.2, 0.25) is 0 Å². The summed E-state index contributed by atoms with van der Waals surface area (Å²) in [6.07, 6.45) is 3.45. The molecule has 0 amide bonds. The number of carbonyl (C=O) groups excluding carboxylic acids is 1. The van der Waals surface area contributed by atoms with E-state index in [1.165, 1.54) is 0 Å². The van der Waals surface area contributed by atoms with Crippen molar-refractivity contribution in [1.82, 2.24) is 0 Å². The predicted octanol–water partition coefficient (Wildman–Crippen LogP) is 4.47. The first-order valence-corrected chi connectivity index (χ1v) is 7.30. The molecule has 0 saturated heterocycles. The fourth-order valence-electron chi connectivity index (χ4n) is 1.67. The maximum Gasteiger partial charge on any atom is 0.133 e. The highest BCUT2D eigenvalue weighted by molar-refractivity contribution is 5.78. The summed E-state index contributed by atoms with van der Waals surface area (Å²) in [5.74, 6) is 1.42. The first-order valence-electron chi connectivity index (χ1n) is 7.30. The van der Waals surface area contributed by atoms with Gasteiger partial charge in [-0.05, 0) is 30.1 Å². The lowest BCUT2D eigenvalue weighted by Crippen LogP contribution is -2.15. The second kappa shape index (κ2) is 8.68. The van der Waals surface area contributed by atoms with Crippen molar-refractivity contribution in [3.63, 3.8) is 0 Å². The van der Waals surface area contributed by atoms with Crippen LogP contribution in [0, 0.1) is 17.3 Å². The predicted molar refractivity (Wildman–Crippen MR) is 77.8 cm³/mol. The van der Waals surface area contributed by atoms with Crippen LogP contribution in [0.1, 0.15) is 67.2 Å². The van der Waals surface area contributed by atoms with Gasteiger partial charge in [-0.25, -0.2) is 0 Å². The Morgan fingerprint density at radius 3 is 2.28 bits per heavy atom. The first-order chi connectivity index (χ1) is 8.20. The Labute approximate surface area is 113 Å². The molecule has 0 aliphatic heterocycles. The molecule has 18 heavy (non-hydrogen) atoms. The standard InChI is InChI=1S/C16H32O2/c1-13(2)8-10-18-12-14(3)11-15(17)7-9-16(4,5)6/h13-14H,7-12H2,1-6H3. The molecule has 0 rings (SSSR count). The Balaban J connectivity index is 3.61. The van der Waals surface area contributed by atoms with Crippen LogP contribution in [0.4, 0.5) is 0 Å². The van der Waals surface area contributed by atoms with Gasteiger partial charge in [0.25, 0.3) is 0 Å². The second-order valence-corrected chi connectivity index (χ2v) is 7.17. The molecule has 0 N–H and O–H groups in total. The number of ketones is 1. The van der Waals surface area contributed by atoms with Crippen molar-refractivity contribution in [2.75, 3.05) is 13.2 Å². The fourth-order valence-corrected chi connectivity index (χ4v) is 1.67. The molecular formula is C16H32O2. The van der Waals surface area contributed by atoms with Gasteiger partial charge in [0, 0.05) is 26.1 Å². The van der Waals surface area contributed by atoms with E-state index in [0.29, 0.717) is 37.1 Å². The van der Waals surface area contributed by atoms with Crippen LogP contribution in [-0.2, 0) is 9.53 Å². The third kappa shape index (κ3) is 12.1. The summed E-state index contributed by atoms with van der Waals surface area (Å²) < 4.78 is 5.60. The molecule has 0 aliphatic rings. The fraction of sp³-hybridized carbons (Fsp3) is 0.938. The number of hydrogen-bond acceptors (Lipinski definition) is 2. The number of rotatable bonds is 9. The molecule has 0 radical (unpaired) electrons. The lowest BCUT2D eigenvalue weighted by Gasteiger charge is -2.18. The normalized spacial score (nSPS) is 13.9. The monoisotopic (exact) mass is 256 g/mol. The Bertz CT molecular complexity index is 226. The van der Waals surface area contributed by atoms with Crippen molar-refractivity contribution in [1.29, 1.82) is 0 Å². The van der Waals surface area contributed by atoms with E-state index in [2.05, 4.69) is 41.5 Å². The number of ether oxygens (including phenoxy) is 1. The maximum atomic E-state index is 11.8. The quantitative estimate of drug-likeness (QED) is 0.569. The van der Waals surface area contributed by atoms with Crippen LogP contribution in [0.25, 0.3) is 0 Å². The minimum Gasteiger partial charge on any atom is -0.381 e. The van der Waals surface area contributed by atoms with E-state index in [-0.39, 0.29) is 5.41 Å². The molecular weight excluding hydrogens is 224 g/mol. The van der Waals surface area contributed by atoms with Gasteiger partial charge >= 0.3 is 0 Å². The van der Waals surface area contributed by atoms with Crippen LogP contribution in [0.3, 0.4) is 0 Å². The zero-order valence-electron chi connectivity index (χ0n) is 13.2. The van der Waals surface area contributed by atoms with E-state index < -0.39 is 0 Å². The molecule has 1 atom stereocenters. The Kier molecular flexibility index (Phi) is 8.51. The minimum atomic E-state index is 0.257. The molecule has 0 fully saturated rings. The third-order valence-corrected chi connectivity index (χ3v) is 2.97. The van der Waals surface area contributed by atoms with Crippen LogP contribution < -0.4 is 0 Å². The molecule has 0 saturated carbocycles. The van der Waals surface area contributed by atoms with E-state index in [1.54, 1.807) is 0 Å². The van der Waals surface area contributed by atoms with Crippen LogP contribution in [0.15, 0.2) is 0 Å². The Morgan fingerprint density at radius 2 is 1.78 bits per heavy atom. The van der Waals surface area contributed by atoms with Crippen LogP contribution >= 0.6 is 0 Å². The summed E-state index contributed by atoms with van der Waals surface area (Å²) in [7, 11) is 0. The summed E-state index contributed by atoms with van der Waals surface area (Å²) in [6, 6.07) is 0. The largest absolute Gasteiger partial charge is 0.381 e. The summed E-state index contributed by atoms with van der Waals surface area (Å²) in [5.41, 5.74) is 0.257. The molecule has 0 heterocycles. The van der Waals surface area contributed by atoms with Crippen LogP contribution in [0.5, 0.6) is 0 Å². The average molecular weight is 256 g/mol. The van der Waals surface area contributed by atoms with E-state index in [9.17, 15) is 4.79 Å². The second-order valence-electron chi connectivity index (χ2n) is 7.17. The van der Waals surface area contributed by atoms with Gasteiger partial charge in [-0.15, -0.1) is 0 Å². The molecule has 0 aromatic heterocycles. The Hall–Kier alpha value is -0.370. The van der Waals surface area contributed by atoms with Gasteiger partial charge in [-0.1, -0.05) is 41.5 Å². The topological polar surface area (TPSA) is 26.3 Å². The molecule has 0 aromatic rings. The zero-order valence-corrected chi connectivity index (χ0v) is 13.2. The molecule has 2 nitrogen and oxygen atoms in total. The zero-order chi connectivity index (χ0) is 14.2. The lowest BCUT2D eigenvalue weighted by molar-refractivity contribution is -0.120. The maximum absolute atomic E-state index is 11.8. The summed E-state index contributed by atoms with van der Waals surface area (Å²) >= 11 is 0. The van der Waals surface area contributed by atoms with Gasteiger partial charge in [-0.2, -0.15) is 0 Å². The molecule has 0 aliphatic carbocycles. The van der Waals surface area contributed by atoms with Gasteiger partial charge in [0.1, 0.15) is 5.78 Å². The molecule has 1 unspecified atom stereocenters. The van der Waals surface area contributed by atoms with E-state index in [4.69, 9.17) is 4.74 Å². The van der Waals surface area contributed by atoms with Crippen molar-refractivity contribution < 1.29 is 9.53 Å². The number of carbonyl (C=O) groups is 1. The van der Waals surface area contributed by atoms with Crippen molar-refractivity contribution in [3.05, 3.63) is 0 Å². The van der Waals surface area contributed by atoms with Gasteiger partial charge < -0.3 is 4.74 Å². The van der Waals surface area contributed by atoms with Crippen molar-refractivity contribution >= 4 is 5.78 Å². The SMILES string of the molecule is CC(C)CCOCC(C)CC(=O)CCC(C)(C)C. The summed E-state index contributed by atoms with van der Waals surface area (Å²) in [4.78, 5) is 11.8. The molecule has 0 aromatic carbocycles. The van der Waals surface area contributed by atoms with E-state index >= 15 is 0 Å². The third-order valence-electron chi connectivity index (χ3n) is 2.97. The highest BCUT2D eigenvalue weighted by atomic mass is 16.5. The van der Waals surface area contributed by atoms with Gasteiger partial charge in [0.2, 0.25) is 0 Å².